The Balaban J connectivity index is 1.36. The van der Waals surface area contributed by atoms with Crippen LogP contribution in [-0.2, 0) is 4.43 Å². The maximum absolute atomic E-state index is 11.3. The lowest BCUT2D eigenvalue weighted by Gasteiger charge is -2.38. The van der Waals surface area contributed by atoms with E-state index in [1.165, 1.54) is 0 Å². The molecule has 16 heteroatoms. The van der Waals surface area contributed by atoms with Gasteiger partial charge in [0.25, 0.3) is 0 Å². The van der Waals surface area contributed by atoms with Gasteiger partial charge in [-0.25, -0.2) is 14.5 Å². The van der Waals surface area contributed by atoms with Crippen molar-refractivity contribution >= 4 is 43.0 Å². The van der Waals surface area contributed by atoms with Gasteiger partial charge >= 0.3 is 6.09 Å². The summed E-state index contributed by atoms with van der Waals surface area (Å²) in [5.41, 5.74) is 2.30. The molecule has 6 rings (SSSR count). The number of carbonyl (C=O) groups is 1. The Kier molecular flexibility index (Phi) is 9.61. The molecule has 1 amide bonds. The molecule has 270 valence electrons. The Morgan fingerprint density at radius 1 is 1.08 bits per heavy atom. The molecule has 3 N–H and O–H groups in total. The number of anilines is 3. The van der Waals surface area contributed by atoms with E-state index in [0.717, 1.165) is 42.0 Å². The zero-order valence-corrected chi connectivity index (χ0v) is 31.4. The minimum Gasteiger partial charge on any atom is -0.493 e. The summed E-state index contributed by atoms with van der Waals surface area (Å²) in [5, 5.41) is 21.1. The molecule has 0 spiro atoms. The fourth-order valence-corrected chi connectivity index (χ4v) is 7.49. The van der Waals surface area contributed by atoms with Crippen LogP contribution in [0.2, 0.25) is 18.1 Å². The minimum absolute atomic E-state index is 0.00850. The lowest BCUT2D eigenvalue weighted by molar-refractivity contribution is 0.165. The van der Waals surface area contributed by atoms with Gasteiger partial charge in [0.05, 0.1) is 63.0 Å². The molecule has 1 atom stereocenters. The summed E-state index contributed by atoms with van der Waals surface area (Å²) in [5.74, 6) is 3.30. The van der Waals surface area contributed by atoms with E-state index in [4.69, 9.17) is 33.7 Å². The second-order valence-electron chi connectivity index (χ2n) is 14.6. The molecule has 15 nitrogen and oxygen atoms in total. The first-order valence-corrected chi connectivity index (χ1v) is 19.9. The Morgan fingerprint density at radius 2 is 1.78 bits per heavy atom. The normalized spacial score (nSPS) is 19.4. The van der Waals surface area contributed by atoms with Gasteiger partial charge < -0.3 is 43.8 Å². The number of aryl methyl sites for hydroxylation is 1. The number of hydrogen-bond donors (Lipinski definition) is 3. The number of fused-ring (bicyclic) bond motifs is 1. The van der Waals surface area contributed by atoms with Crippen LogP contribution >= 0.6 is 0 Å². The molecule has 0 bridgehead atoms. The molecule has 2 aliphatic rings. The number of imidazole rings is 1. The smallest absolute Gasteiger partial charge is 0.404 e. The third kappa shape index (κ3) is 6.77. The SMILES string of the molecule is COc1cc(-n2cnc(Nc3nc(N4CCC[C@H]4CO[Si](C)(C)C(C)(C)C)c4c(C)nn([C@H]5C[C@@H](NC(=O)O)C5)c4n3)c2)cc(OC)c1OC. The van der Waals surface area contributed by atoms with Gasteiger partial charge in [0.2, 0.25) is 11.7 Å². The molecule has 50 heavy (non-hydrogen) atoms. The average Bonchev–Trinajstić information content (AvgIpc) is 3.79. The van der Waals surface area contributed by atoms with Crippen molar-refractivity contribution in [3.8, 4) is 22.9 Å². The molecule has 4 heterocycles. The van der Waals surface area contributed by atoms with Gasteiger partial charge in [0.15, 0.2) is 31.3 Å². The fraction of sp³-hybridized carbons (Fsp3) is 0.559. The second kappa shape index (κ2) is 13.6. The molecular weight excluding hydrogens is 659 g/mol. The first-order valence-electron chi connectivity index (χ1n) is 17.0. The van der Waals surface area contributed by atoms with Crippen molar-refractivity contribution in [2.75, 3.05) is 44.7 Å². The summed E-state index contributed by atoms with van der Waals surface area (Å²) in [4.78, 5) is 28.3. The van der Waals surface area contributed by atoms with Crippen LogP contribution in [0.15, 0.2) is 24.7 Å². The van der Waals surface area contributed by atoms with Crippen LogP contribution in [0.5, 0.6) is 17.2 Å². The quantitative estimate of drug-likeness (QED) is 0.146. The number of ether oxygens (including phenoxy) is 3. The lowest BCUT2D eigenvalue weighted by atomic mass is 9.87. The third-order valence-corrected chi connectivity index (χ3v) is 14.9. The lowest BCUT2D eigenvalue weighted by Crippen LogP contribution is -2.45. The maximum atomic E-state index is 11.3. The van der Waals surface area contributed by atoms with Crippen molar-refractivity contribution in [2.24, 2.45) is 0 Å². The van der Waals surface area contributed by atoms with Crippen molar-refractivity contribution in [3.63, 3.8) is 0 Å². The monoisotopic (exact) mass is 707 g/mol. The average molecular weight is 708 g/mol. The van der Waals surface area contributed by atoms with Crippen molar-refractivity contribution in [1.82, 2.24) is 34.6 Å². The highest BCUT2D eigenvalue weighted by atomic mass is 28.4. The number of benzene rings is 1. The molecule has 1 aromatic carbocycles. The van der Waals surface area contributed by atoms with E-state index in [9.17, 15) is 9.90 Å². The van der Waals surface area contributed by atoms with Crippen molar-refractivity contribution in [1.29, 1.82) is 0 Å². The first kappa shape index (κ1) is 35.3. The number of carboxylic acid groups (broad SMARTS) is 1. The molecule has 1 saturated carbocycles. The molecule has 1 aliphatic carbocycles. The predicted octanol–water partition coefficient (Wildman–Crippen LogP) is 6.05. The van der Waals surface area contributed by atoms with Crippen molar-refractivity contribution in [2.45, 2.75) is 89.6 Å². The maximum Gasteiger partial charge on any atom is 0.404 e. The van der Waals surface area contributed by atoms with E-state index in [2.05, 4.69) is 54.4 Å². The Bertz CT molecular complexity index is 1840. The molecule has 0 unspecified atom stereocenters. The summed E-state index contributed by atoms with van der Waals surface area (Å²) in [6.07, 6.45) is 5.81. The van der Waals surface area contributed by atoms with E-state index < -0.39 is 14.4 Å². The van der Waals surface area contributed by atoms with Crippen LogP contribution in [0, 0.1) is 6.92 Å². The molecule has 1 aliphatic heterocycles. The van der Waals surface area contributed by atoms with Crippen LogP contribution < -0.4 is 29.7 Å². The fourth-order valence-electron chi connectivity index (χ4n) is 6.45. The van der Waals surface area contributed by atoms with Gasteiger partial charge in [-0.3, -0.25) is 0 Å². The highest BCUT2D eigenvalue weighted by Crippen LogP contribution is 2.42. The standard InChI is InChI=1S/C34H49N9O6Si/c1-20-28-30(42-12-10-11-22(42)18-49-50(8,9)34(2,3)4)38-32(39-31(28)43(40-20)24-13-21(14-24)36-33(44)45)37-27-17-41(19-35-27)23-15-25(46-5)29(48-7)26(16-23)47-6/h15-17,19,21-22,24,36H,10-14,18H2,1-9H3,(H,44,45)(H,37,38,39)/t21-,22-,24+/m0/s1. The van der Waals surface area contributed by atoms with Crippen LogP contribution in [0.4, 0.5) is 22.4 Å². The second-order valence-corrected chi connectivity index (χ2v) is 19.4. The summed E-state index contributed by atoms with van der Waals surface area (Å²) >= 11 is 0. The number of amides is 1. The van der Waals surface area contributed by atoms with Crippen molar-refractivity contribution < 1.29 is 28.5 Å². The van der Waals surface area contributed by atoms with Gasteiger partial charge in [-0.05, 0) is 50.7 Å². The Morgan fingerprint density at radius 3 is 2.40 bits per heavy atom. The number of methoxy groups -OCH3 is 3. The van der Waals surface area contributed by atoms with Gasteiger partial charge in [-0.2, -0.15) is 15.1 Å². The topological polar surface area (TPSA) is 163 Å². The summed E-state index contributed by atoms with van der Waals surface area (Å²) < 4.78 is 27.1. The third-order valence-electron chi connectivity index (χ3n) is 10.4. The van der Waals surface area contributed by atoms with Gasteiger partial charge in [-0.1, -0.05) is 20.8 Å². The zero-order chi connectivity index (χ0) is 36.0. The molecule has 1 saturated heterocycles. The molecule has 2 fully saturated rings. The van der Waals surface area contributed by atoms with Gasteiger partial charge in [-0.15, -0.1) is 0 Å². The van der Waals surface area contributed by atoms with Crippen LogP contribution in [0.25, 0.3) is 16.7 Å². The summed E-state index contributed by atoms with van der Waals surface area (Å²) in [6, 6.07) is 3.74. The number of aromatic nitrogens is 6. The minimum atomic E-state index is -1.97. The molecule has 0 radical (unpaired) electrons. The molecular formula is C34H49N9O6Si. The van der Waals surface area contributed by atoms with Crippen LogP contribution in [0.3, 0.4) is 0 Å². The number of hydrogen-bond acceptors (Lipinski definition) is 11. The summed E-state index contributed by atoms with van der Waals surface area (Å²) in [6.45, 7) is 14.8. The Labute approximate surface area is 293 Å². The van der Waals surface area contributed by atoms with E-state index >= 15 is 0 Å². The highest BCUT2D eigenvalue weighted by Gasteiger charge is 2.40. The summed E-state index contributed by atoms with van der Waals surface area (Å²) in [7, 11) is 2.76. The van der Waals surface area contributed by atoms with E-state index in [1.54, 1.807) is 27.7 Å². The molecule has 3 aromatic heterocycles. The number of rotatable bonds is 12. The van der Waals surface area contributed by atoms with Crippen LogP contribution in [-0.4, -0.2) is 95.4 Å². The van der Waals surface area contributed by atoms with Gasteiger partial charge in [0.1, 0.15) is 12.1 Å². The van der Waals surface area contributed by atoms with E-state index in [-0.39, 0.29) is 23.2 Å². The van der Waals surface area contributed by atoms with Gasteiger partial charge in [0, 0.05) is 24.7 Å². The first-order chi connectivity index (χ1) is 23.7. The van der Waals surface area contributed by atoms with Crippen LogP contribution in [0.1, 0.15) is 58.2 Å². The number of nitrogens with one attached hydrogen (secondary N) is 2. The predicted molar refractivity (Wildman–Crippen MR) is 193 cm³/mol. The van der Waals surface area contributed by atoms with E-state index in [1.807, 2.05) is 34.5 Å². The zero-order valence-electron chi connectivity index (χ0n) is 30.4. The highest BCUT2D eigenvalue weighted by molar-refractivity contribution is 6.74. The van der Waals surface area contributed by atoms with E-state index in [0.29, 0.717) is 54.1 Å². The van der Waals surface area contributed by atoms with Crippen molar-refractivity contribution in [3.05, 3.63) is 30.4 Å². The number of nitrogens with zero attached hydrogens (tertiary/aromatic N) is 7. The molecule has 4 aromatic rings. The Hall–Kier alpha value is -4.57. The largest absolute Gasteiger partial charge is 0.493 e.